The molecular weight excluding hydrogens is 454 g/mol. The molecule has 0 radical (unpaired) electrons. The van der Waals surface area contributed by atoms with E-state index >= 15 is 0 Å². The van der Waals surface area contributed by atoms with Crippen LogP contribution < -0.4 is 10.1 Å². The summed E-state index contributed by atoms with van der Waals surface area (Å²) in [4.78, 5) is 13.9. The van der Waals surface area contributed by atoms with Gasteiger partial charge in [-0.3, -0.25) is 4.79 Å². The lowest BCUT2D eigenvalue weighted by Gasteiger charge is -2.20. The smallest absolute Gasteiger partial charge is 0.235 e. The highest BCUT2D eigenvalue weighted by atomic mass is 32.2. The summed E-state index contributed by atoms with van der Waals surface area (Å²) in [5.74, 6) is 2.16. The van der Waals surface area contributed by atoms with E-state index in [0.717, 1.165) is 37.0 Å². The molecule has 1 unspecified atom stereocenters. The zero-order valence-electron chi connectivity index (χ0n) is 19.1. The number of ether oxygens (including phenoxy) is 1. The van der Waals surface area contributed by atoms with Gasteiger partial charge >= 0.3 is 0 Å². The van der Waals surface area contributed by atoms with Crippen LogP contribution >= 0.6 is 23.1 Å². The fourth-order valence-electron chi connectivity index (χ4n) is 3.88. The number of hydrogen-bond acceptors (Lipinski definition) is 7. The normalized spacial score (nSPS) is 15.0. The molecule has 33 heavy (non-hydrogen) atoms. The van der Waals surface area contributed by atoms with Gasteiger partial charge in [0.25, 0.3) is 0 Å². The molecule has 1 amide bonds. The van der Waals surface area contributed by atoms with E-state index in [1.807, 2.05) is 42.8 Å². The second-order valence-electron chi connectivity index (χ2n) is 8.23. The molecule has 1 atom stereocenters. The molecule has 0 aliphatic heterocycles. The third kappa shape index (κ3) is 5.40. The highest BCUT2D eigenvalue weighted by molar-refractivity contribution is 7.99. The number of rotatable bonds is 8. The number of nitrogens with zero attached hydrogens (tertiary/aromatic N) is 4. The van der Waals surface area contributed by atoms with Crippen LogP contribution in [0.3, 0.4) is 0 Å². The van der Waals surface area contributed by atoms with E-state index in [1.54, 1.807) is 11.3 Å². The summed E-state index contributed by atoms with van der Waals surface area (Å²) in [7, 11) is 1.86. The molecule has 0 fully saturated rings. The number of aromatic nitrogens is 3. The maximum absolute atomic E-state index is 12.6. The van der Waals surface area contributed by atoms with Gasteiger partial charge in [-0.25, -0.2) is 0 Å². The first-order valence-corrected chi connectivity index (χ1v) is 12.8. The van der Waals surface area contributed by atoms with Crippen LogP contribution in [-0.4, -0.2) is 26.4 Å². The number of thioether (sulfide) groups is 1. The van der Waals surface area contributed by atoms with Gasteiger partial charge in [0, 0.05) is 11.9 Å². The zero-order chi connectivity index (χ0) is 23.4. The van der Waals surface area contributed by atoms with Crippen LogP contribution in [0.25, 0.3) is 0 Å². The van der Waals surface area contributed by atoms with E-state index in [4.69, 9.17) is 4.74 Å². The molecule has 0 bridgehead atoms. The van der Waals surface area contributed by atoms with Gasteiger partial charge in [-0.15, -0.1) is 21.5 Å². The molecule has 0 spiro atoms. The average molecular weight is 482 g/mol. The molecule has 0 saturated heterocycles. The number of hydrogen-bond donors (Lipinski definition) is 1. The largest absolute Gasteiger partial charge is 0.486 e. The number of anilines is 1. The lowest BCUT2D eigenvalue weighted by Crippen LogP contribution is -2.15. The highest BCUT2D eigenvalue weighted by Crippen LogP contribution is 2.40. The van der Waals surface area contributed by atoms with Gasteiger partial charge in [0.2, 0.25) is 5.91 Å². The third-order valence-electron chi connectivity index (χ3n) is 5.96. The van der Waals surface area contributed by atoms with Crippen LogP contribution in [0.1, 0.15) is 47.2 Å². The molecule has 3 aromatic rings. The number of aryl methyl sites for hydroxylation is 1. The number of fused-ring (bicyclic) bond motifs is 1. The van der Waals surface area contributed by atoms with Crippen molar-refractivity contribution in [2.24, 2.45) is 13.0 Å². The van der Waals surface area contributed by atoms with Gasteiger partial charge in [-0.1, -0.05) is 42.8 Å². The van der Waals surface area contributed by atoms with E-state index in [1.165, 1.54) is 22.2 Å². The molecule has 4 rings (SSSR count). The van der Waals surface area contributed by atoms with Crippen molar-refractivity contribution in [1.82, 2.24) is 14.8 Å². The Balaban J connectivity index is 1.34. The van der Waals surface area contributed by atoms with Crippen molar-refractivity contribution in [1.29, 1.82) is 5.26 Å². The number of nitrogens with one attached hydrogen (secondary N) is 1. The molecule has 1 aliphatic rings. The summed E-state index contributed by atoms with van der Waals surface area (Å²) in [5.41, 5.74) is 2.94. The average Bonchev–Trinajstić information content (AvgIpc) is 3.35. The summed E-state index contributed by atoms with van der Waals surface area (Å²) < 4.78 is 7.62. The quantitative estimate of drug-likeness (QED) is 0.461. The van der Waals surface area contributed by atoms with Crippen molar-refractivity contribution in [3.8, 4) is 11.8 Å². The SMILES string of the molecule is CCC1CCc2c(sc(NC(=O)CSc3nnc(COc4ccc(C)cc4)n3C)c2C#N)C1. The van der Waals surface area contributed by atoms with Crippen molar-refractivity contribution in [2.75, 3.05) is 11.1 Å². The molecule has 0 saturated carbocycles. The lowest BCUT2D eigenvalue weighted by atomic mass is 9.86. The second kappa shape index (κ2) is 10.4. The number of benzene rings is 1. The molecule has 1 N–H and O–H groups in total. The summed E-state index contributed by atoms with van der Waals surface area (Å²) in [6.45, 7) is 4.53. The maximum Gasteiger partial charge on any atom is 0.235 e. The van der Waals surface area contributed by atoms with E-state index in [-0.39, 0.29) is 11.7 Å². The highest BCUT2D eigenvalue weighted by Gasteiger charge is 2.25. The van der Waals surface area contributed by atoms with E-state index in [2.05, 4.69) is 28.5 Å². The molecule has 2 heterocycles. The third-order valence-corrected chi connectivity index (χ3v) is 8.15. The van der Waals surface area contributed by atoms with Crippen LogP contribution in [0, 0.1) is 24.2 Å². The second-order valence-corrected chi connectivity index (χ2v) is 10.3. The van der Waals surface area contributed by atoms with Crippen LogP contribution in [0.5, 0.6) is 5.75 Å². The van der Waals surface area contributed by atoms with Crippen LogP contribution in [-0.2, 0) is 31.3 Å². The Hall–Kier alpha value is -2.83. The first kappa shape index (κ1) is 23.3. The minimum Gasteiger partial charge on any atom is -0.486 e. The Morgan fingerprint density at radius 3 is 2.88 bits per heavy atom. The lowest BCUT2D eigenvalue weighted by molar-refractivity contribution is -0.113. The van der Waals surface area contributed by atoms with Crippen molar-refractivity contribution < 1.29 is 9.53 Å². The fourth-order valence-corrected chi connectivity index (χ4v) is 5.94. The molecule has 9 heteroatoms. The van der Waals surface area contributed by atoms with Crippen LogP contribution in [0.15, 0.2) is 29.4 Å². The minimum absolute atomic E-state index is 0.150. The van der Waals surface area contributed by atoms with Gasteiger partial charge in [0.05, 0.1) is 11.3 Å². The topological polar surface area (TPSA) is 92.8 Å². The first-order chi connectivity index (χ1) is 16.0. The molecule has 172 valence electrons. The van der Waals surface area contributed by atoms with Crippen molar-refractivity contribution in [2.45, 2.75) is 51.3 Å². The summed E-state index contributed by atoms with van der Waals surface area (Å²) in [6.07, 6.45) is 4.18. The Bertz CT molecular complexity index is 1180. The van der Waals surface area contributed by atoms with Crippen LogP contribution in [0.4, 0.5) is 5.00 Å². The standard InChI is InChI=1S/C24H27N5O2S2/c1-4-16-7-10-18-19(12-25)23(33-20(18)11-16)26-22(30)14-32-24-28-27-21(29(24)3)13-31-17-8-5-15(2)6-9-17/h5-6,8-9,16H,4,7,10-11,13-14H2,1-3H3,(H,26,30). The number of carbonyl (C=O) groups excluding carboxylic acids is 1. The molecule has 1 aliphatic carbocycles. The predicted octanol–water partition coefficient (Wildman–Crippen LogP) is 4.88. The maximum atomic E-state index is 12.6. The number of amides is 1. The van der Waals surface area contributed by atoms with Gasteiger partial charge in [-0.2, -0.15) is 5.26 Å². The van der Waals surface area contributed by atoms with Gasteiger partial charge in [-0.05, 0) is 49.8 Å². The van der Waals surface area contributed by atoms with E-state index < -0.39 is 0 Å². The van der Waals surface area contributed by atoms with E-state index in [0.29, 0.717) is 34.1 Å². The van der Waals surface area contributed by atoms with Crippen LogP contribution in [0.2, 0.25) is 0 Å². The van der Waals surface area contributed by atoms with Crippen molar-refractivity contribution in [3.05, 3.63) is 51.7 Å². The van der Waals surface area contributed by atoms with Gasteiger partial charge in [0.1, 0.15) is 23.4 Å². The molecule has 2 aromatic heterocycles. The Labute approximate surface area is 202 Å². The van der Waals surface area contributed by atoms with E-state index in [9.17, 15) is 10.1 Å². The minimum atomic E-state index is -0.150. The molecule has 1 aromatic carbocycles. The zero-order valence-corrected chi connectivity index (χ0v) is 20.7. The predicted molar refractivity (Wildman–Crippen MR) is 131 cm³/mol. The van der Waals surface area contributed by atoms with Gasteiger partial charge in [0.15, 0.2) is 11.0 Å². The fraction of sp³-hybridized carbons (Fsp3) is 0.417. The monoisotopic (exact) mass is 481 g/mol. The number of nitriles is 1. The van der Waals surface area contributed by atoms with Crippen molar-refractivity contribution in [3.63, 3.8) is 0 Å². The summed E-state index contributed by atoms with van der Waals surface area (Å²) in [5, 5.41) is 22.3. The number of thiophene rings is 1. The van der Waals surface area contributed by atoms with Gasteiger partial charge < -0.3 is 14.6 Å². The Kier molecular flexibility index (Phi) is 7.36. The molecular formula is C24H27N5O2S2. The summed E-state index contributed by atoms with van der Waals surface area (Å²) in [6, 6.07) is 10.1. The van der Waals surface area contributed by atoms with Crippen molar-refractivity contribution >= 4 is 34.0 Å². The first-order valence-electron chi connectivity index (χ1n) is 11.0. The summed E-state index contributed by atoms with van der Waals surface area (Å²) >= 11 is 2.87. The molecule has 7 nitrogen and oxygen atoms in total. The Morgan fingerprint density at radius 1 is 1.36 bits per heavy atom. The number of carbonyl (C=O) groups is 1. The Morgan fingerprint density at radius 2 is 2.15 bits per heavy atom.